The van der Waals surface area contributed by atoms with Crippen LogP contribution in [0.5, 0.6) is 0 Å². The van der Waals surface area contributed by atoms with Gasteiger partial charge in [-0.3, -0.25) is 13.9 Å². The minimum Gasteiger partial charge on any atom is -0.395 e. The van der Waals surface area contributed by atoms with Crippen LogP contribution < -0.4 is 16.1 Å². The summed E-state index contributed by atoms with van der Waals surface area (Å²) in [5, 5.41) is 8.90. The van der Waals surface area contributed by atoms with E-state index in [2.05, 4.69) is 0 Å². The van der Waals surface area contributed by atoms with Gasteiger partial charge in [-0.2, -0.15) is 0 Å². The molecule has 90 valence electrons. The molecule has 0 aliphatic rings. The first-order valence-corrected chi connectivity index (χ1v) is 5.15. The van der Waals surface area contributed by atoms with E-state index in [-0.39, 0.29) is 17.9 Å². The Kier molecular flexibility index (Phi) is 3.89. The van der Waals surface area contributed by atoms with E-state index in [4.69, 9.17) is 5.11 Å². The molecule has 0 unspecified atom stereocenters. The van der Waals surface area contributed by atoms with Crippen LogP contribution in [0.15, 0.2) is 15.7 Å². The normalized spacial score (nSPS) is 10.5. The van der Waals surface area contributed by atoms with Gasteiger partial charge in [0.15, 0.2) is 0 Å². The molecule has 0 fully saturated rings. The number of nitrogens with zero attached hydrogens (tertiary/aromatic N) is 3. The van der Waals surface area contributed by atoms with Crippen LogP contribution in [0.1, 0.15) is 6.92 Å². The summed E-state index contributed by atoms with van der Waals surface area (Å²) >= 11 is 0. The van der Waals surface area contributed by atoms with E-state index in [1.807, 2.05) is 6.92 Å². The quantitative estimate of drug-likeness (QED) is 0.709. The predicted octanol–water partition coefficient (Wildman–Crippen LogP) is -1.10. The Bertz CT molecular complexity index is 475. The molecule has 1 aromatic heterocycles. The second kappa shape index (κ2) is 4.98. The van der Waals surface area contributed by atoms with Crippen molar-refractivity contribution >= 4 is 5.82 Å². The molecule has 0 spiro atoms. The molecule has 0 saturated heterocycles. The Morgan fingerprint density at radius 3 is 2.44 bits per heavy atom. The Morgan fingerprint density at radius 2 is 1.94 bits per heavy atom. The van der Waals surface area contributed by atoms with Gasteiger partial charge in [-0.25, -0.2) is 4.79 Å². The van der Waals surface area contributed by atoms with Gasteiger partial charge in [0.05, 0.1) is 6.61 Å². The maximum Gasteiger partial charge on any atom is 0.332 e. The molecule has 1 heterocycles. The second-order valence-corrected chi connectivity index (χ2v) is 3.54. The number of aliphatic hydroxyl groups excluding tert-OH is 1. The fourth-order valence-electron chi connectivity index (χ4n) is 1.58. The fraction of sp³-hybridized carbons (Fsp3) is 0.600. The monoisotopic (exact) mass is 227 g/mol. The van der Waals surface area contributed by atoms with Gasteiger partial charge in [-0.15, -0.1) is 0 Å². The van der Waals surface area contributed by atoms with Gasteiger partial charge in [0.25, 0.3) is 5.56 Å². The maximum absolute atomic E-state index is 11.7. The Morgan fingerprint density at radius 1 is 1.31 bits per heavy atom. The third-order valence-corrected chi connectivity index (χ3v) is 2.58. The van der Waals surface area contributed by atoms with Crippen molar-refractivity contribution in [2.75, 3.05) is 24.6 Å². The number of rotatable bonds is 4. The Hall–Kier alpha value is -1.56. The van der Waals surface area contributed by atoms with E-state index in [1.54, 1.807) is 11.9 Å². The molecule has 16 heavy (non-hydrogen) atoms. The van der Waals surface area contributed by atoms with E-state index in [9.17, 15) is 9.59 Å². The van der Waals surface area contributed by atoms with Gasteiger partial charge in [0.1, 0.15) is 5.82 Å². The van der Waals surface area contributed by atoms with Crippen LogP contribution in [0.2, 0.25) is 0 Å². The zero-order chi connectivity index (χ0) is 12.3. The standard InChI is InChI=1S/C10H17N3O3/c1-4-13(5-6-14)8-7-9(15)12(3)10(16)11(8)2/h7,14H,4-6H2,1-3H3. The molecule has 0 aliphatic heterocycles. The van der Waals surface area contributed by atoms with E-state index in [0.29, 0.717) is 18.9 Å². The second-order valence-electron chi connectivity index (χ2n) is 3.54. The SMILES string of the molecule is CCN(CCO)c1cc(=O)n(C)c(=O)n1C. The molecule has 0 saturated carbocycles. The lowest BCUT2D eigenvalue weighted by atomic mass is 10.4. The van der Waals surface area contributed by atoms with E-state index < -0.39 is 0 Å². The van der Waals surface area contributed by atoms with Crippen molar-refractivity contribution in [2.45, 2.75) is 6.92 Å². The summed E-state index contributed by atoms with van der Waals surface area (Å²) in [7, 11) is 3.05. The zero-order valence-electron chi connectivity index (χ0n) is 9.80. The zero-order valence-corrected chi connectivity index (χ0v) is 9.80. The van der Waals surface area contributed by atoms with Crippen molar-refractivity contribution in [2.24, 2.45) is 14.1 Å². The molecule has 6 nitrogen and oxygen atoms in total. The molecule has 1 aromatic rings. The van der Waals surface area contributed by atoms with Gasteiger partial charge in [-0.05, 0) is 6.92 Å². The smallest absolute Gasteiger partial charge is 0.332 e. The van der Waals surface area contributed by atoms with Crippen LogP contribution in [0.3, 0.4) is 0 Å². The first kappa shape index (κ1) is 12.5. The molecular formula is C10H17N3O3. The average Bonchev–Trinajstić information content (AvgIpc) is 2.28. The van der Waals surface area contributed by atoms with Crippen LogP contribution in [0.4, 0.5) is 5.82 Å². The van der Waals surface area contributed by atoms with Crippen molar-refractivity contribution in [3.63, 3.8) is 0 Å². The van der Waals surface area contributed by atoms with Crippen LogP contribution in [0, 0.1) is 0 Å². The van der Waals surface area contributed by atoms with E-state index >= 15 is 0 Å². The largest absolute Gasteiger partial charge is 0.395 e. The third kappa shape index (κ3) is 2.16. The lowest BCUT2D eigenvalue weighted by molar-refractivity contribution is 0.301. The first-order chi connectivity index (χ1) is 7.52. The molecule has 1 N–H and O–H groups in total. The van der Waals surface area contributed by atoms with Gasteiger partial charge >= 0.3 is 5.69 Å². The lowest BCUT2D eigenvalue weighted by Gasteiger charge is -2.24. The minimum atomic E-state index is -0.362. The number of likely N-dealkylation sites (N-methyl/N-ethyl adjacent to an activating group) is 1. The molecule has 0 aromatic carbocycles. The summed E-state index contributed by atoms with van der Waals surface area (Å²) in [5.41, 5.74) is -0.701. The fourth-order valence-corrected chi connectivity index (χ4v) is 1.58. The van der Waals surface area contributed by atoms with Crippen LogP contribution in [0.25, 0.3) is 0 Å². The van der Waals surface area contributed by atoms with Crippen molar-refractivity contribution in [1.82, 2.24) is 9.13 Å². The molecule has 0 radical (unpaired) electrons. The number of anilines is 1. The summed E-state index contributed by atoms with van der Waals surface area (Å²) in [4.78, 5) is 25.0. The number of aliphatic hydroxyl groups is 1. The van der Waals surface area contributed by atoms with Crippen molar-refractivity contribution in [3.8, 4) is 0 Å². The number of hydrogen-bond donors (Lipinski definition) is 1. The molecular weight excluding hydrogens is 210 g/mol. The highest BCUT2D eigenvalue weighted by Crippen LogP contribution is 2.06. The summed E-state index contributed by atoms with van der Waals surface area (Å²) in [6, 6.07) is 1.40. The molecule has 0 atom stereocenters. The first-order valence-electron chi connectivity index (χ1n) is 5.15. The molecule has 0 aliphatic carbocycles. The van der Waals surface area contributed by atoms with Gasteiger partial charge in [0, 0.05) is 33.3 Å². The van der Waals surface area contributed by atoms with E-state index in [0.717, 1.165) is 4.57 Å². The number of aromatic nitrogens is 2. The summed E-state index contributed by atoms with van der Waals surface area (Å²) < 4.78 is 2.46. The highest BCUT2D eigenvalue weighted by atomic mass is 16.3. The maximum atomic E-state index is 11.7. The Balaban J connectivity index is 3.34. The van der Waals surface area contributed by atoms with Crippen LogP contribution in [-0.2, 0) is 14.1 Å². The molecule has 6 heteroatoms. The van der Waals surface area contributed by atoms with Crippen molar-refractivity contribution in [3.05, 3.63) is 26.9 Å². The summed E-state index contributed by atoms with van der Waals surface area (Å²) in [5.74, 6) is 0.532. The topological polar surface area (TPSA) is 67.5 Å². The molecule has 1 rings (SSSR count). The van der Waals surface area contributed by atoms with Gasteiger partial charge in [-0.1, -0.05) is 0 Å². The minimum absolute atomic E-state index is 0.0166. The third-order valence-electron chi connectivity index (χ3n) is 2.58. The van der Waals surface area contributed by atoms with Gasteiger partial charge < -0.3 is 10.0 Å². The average molecular weight is 227 g/mol. The number of hydrogen-bond acceptors (Lipinski definition) is 4. The van der Waals surface area contributed by atoms with E-state index in [1.165, 1.54) is 17.7 Å². The molecule has 0 amide bonds. The Labute approximate surface area is 93.4 Å². The summed E-state index contributed by atoms with van der Waals surface area (Å²) in [6.45, 7) is 2.91. The van der Waals surface area contributed by atoms with Crippen molar-refractivity contribution < 1.29 is 5.11 Å². The highest BCUT2D eigenvalue weighted by molar-refractivity contribution is 5.37. The predicted molar refractivity (Wildman–Crippen MR) is 61.9 cm³/mol. The highest BCUT2D eigenvalue weighted by Gasteiger charge is 2.11. The lowest BCUT2D eigenvalue weighted by Crippen LogP contribution is -2.41. The van der Waals surface area contributed by atoms with Crippen LogP contribution in [-0.4, -0.2) is 33.9 Å². The molecule has 0 bridgehead atoms. The summed E-state index contributed by atoms with van der Waals surface area (Å²) in [6.07, 6.45) is 0. The van der Waals surface area contributed by atoms with Crippen LogP contribution >= 0.6 is 0 Å². The van der Waals surface area contributed by atoms with Crippen molar-refractivity contribution in [1.29, 1.82) is 0 Å². The van der Waals surface area contributed by atoms with Gasteiger partial charge in [0.2, 0.25) is 0 Å².